The number of nitrogens with one attached hydrogen (secondary N) is 1. The van der Waals surface area contributed by atoms with Gasteiger partial charge in [-0.2, -0.15) is 0 Å². The predicted octanol–water partition coefficient (Wildman–Crippen LogP) is 3.27. The van der Waals surface area contributed by atoms with Gasteiger partial charge in [-0.05, 0) is 24.3 Å². The van der Waals surface area contributed by atoms with Crippen LogP contribution in [0.5, 0.6) is 0 Å². The molecule has 1 amide bonds. The number of benzene rings is 1. The molecule has 0 saturated carbocycles. The van der Waals surface area contributed by atoms with Crippen molar-refractivity contribution in [2.45, 2.75) is 32.4 Å². The lowest BCUT2D eigenvalue weighted by Crippen LogP contribution is -2.40. The molecular weight excluding hydrogens is 226 g/mol. The van der Waals surface area contributed by atoms with Crippen molar-refractivity contribution in [3.8, 4) is 0 Å². The van der Waals surface area contributed by atoms with Gasteiger partial charge in [-0.1, -0.05) is 49.4 Å². The second-order valence-electron chi connectivity index (χ2n) is 4.68. The van der Waals surface area contributed by atoms with Gasteiger partial charge < -0.3 is 10.1 Å². The topological polar surface area (TPSA) is 38.3 Å². The van der Waals surface area contributed by atoms with Crippen LogP contribution in [-0.4, -0.2) is 12.1 Å². The molecule has 0 fully saturated rings. The molecule has 2 atom stereocenters. The van der Waals surface area contributed by atoms with Gasteiger partial charge in [0.05, 0.1) is 0 Å². The van der Waals surface area contributed by atoms with Crippen LogP contribution in [0.15, 0.2) is 42.5 Å². The first-order chi connectivity index (χ1) is 8.75. The quantitative estimate of drug-likeness (QED) is 0.830. The summed E-state index contributed by atoms with van der Waals surface area (Å²) in [4.78, 5) is 11.7. The highest BCUT2D eigenvalue weighted by molar-refractivity contribution is 5.67. The third kappa shape index (κ3) is 3.62. The molecular formula is C15H19NO2. The van der Waals surface area contributed by atoms with E-state index in [0.29, 0.717) is 12.5 Å². The summed E-state index contributed by atoms with van der Waals surface area (Å²) in [5.41, 5.74) is 1.00. The molecule has 96 valence electrons. The molecule has 1 aliphatic rings. The lowest BCUT2D eigenvalue weighted by Gasteiger charge is -2.25. The van der Waals surface area contributed by atoms with Gasteiger partial charge in [0, 0.05) is 6.04 Å². The van der Waals surface area contributed by atoms with Gasteiger partial charge in [-0.3, -0.25) is 0 Å². The van der Waals surface area contributed by atoms with E-state index >= 15 is 0 Å². The highest BCUT2D eigenvalue weighted by atomic mass is 16.5. The van der Waals surface area contributed by atoms with E-state index in [2.05, 4.69) is 24.4 Å². The zero-order valence-corrected chi connectivity index (χ0v) is 10.6. The summed E-state index contributed by atoms with van der Waals surface area (Å²) in [6.07, 6.45) is 5.99. The van der Waals surface area contributed by atoms with Crippen LogP contribution in [0, 0.1) is 5.92 Å². The van der Waals surface area contributed by atoms with Crippen molar-refractivity contribution < 1.29 is 9.53 Å². The molecule has 2 rings (SSSR count). The molecule has 0 aliphatic heterocycles. The molecule has 3 nitrogen and oxygen atoms in total. The van der Waals surface area contributed by atoms with Gasteiger partial charge in [0.1, 0.15) is 6.61 Å². The molecule has 18 heavy (non-hydrogen) atoms. The van der Waals surface area contributed by atoms with E-state index in [4.69, 9.17) is 4.74 Å². The Bertz CT molecular complexity index is 414. The molecule has 0 aromatic heterocycles. The van der Waals surface area contributed by atoms with E-state index in [-0.39, 0.29) is 12.1 Å². The maximum atomic E-state index is 11.7. The van der Waals surface area contributed by atoms with Gasteiger partial charge in [0.25, 0.3) is 0 Å². The molecule has 0 spiro atoms. The van der Waals surface area contributed by atoms with Crippen LogP contribution in [0.25, 0.3) is 0 Å². The fourth-order valence-electron chi connectivity index (χ4n) is 2.10. The number of rotatable bonds is 3. The monoisotopic (exact) mass is 245 g/mol. The molecule has 0 heterocycles. The molecule has 3 heteroatoms. The molecule has 0 radical (unpaired) electrons. The van der Waals surface area contributed by atoms with Crippen molar-refractivity contribution in [3.05, 3.63) is 48.0 Å². The fraction of sp³-hybridized carbons (Fsp3) is 0.400. The smallest absolute Gasteiger partial charge is 0.407 e. The zero-order chi connectivity index (χ0) is 12.8. The lowest BCUT2D eigenvalue weighted by atomic mass is 9.92. The Hall–Kier alpha value is -1.77. The van der Waals surface area contributed by atoms with Crippen molar-refractivity contribution >= 4 is 6.09 Å². The number of hydrogen-bond donors (Lipinski definition) is 1. The van der Waals surface area contributed by atoms with Crippen LogP contribution in [-0.2, 0) is 11.3 Å². The number of alkyl carbamates (subject to hydrolysis) is 1. The Morgan fingerprint density at radius 2 is 2.17 bits per heavy atom. The maximum absolute atomic E-state index is 11.7. The summed E-state index contributed by atoms with van der Waals surface area (Å²) in [6.45, 7) is 2.43. The van der Waals surface area contributed by atoms with Gasteiger partial charge in [0.2, 0.25) is 0 Å². The second-order valence-corrected chi connectivity index (χ2v) is 4.68. The van der Waals surface area contributed by atoms with E-state index < -0.39 is 0 Å². The highest BCUT2D eigenvalue weighted by Crippen LogP contribution is 2.17. The molecule has 1 unspecified atom stereocenters. The van der Waals surface area contributed by atoms with Crippen LogP contribution in [0.1, 0.15) is 25.3 Å². The third-order valence-corrected chi connectivity index (χ3v) is 3.23. The number of amides is 1. The van der Waals surface area contributed by atoms with E-state index in [1.54, 1.807) is 0 Å². The summed E-state index contributed by atoms with van der Waals surface area (Å²) in [5.74, 6) is 0.378. The molecule has 0 bridgehead atoms. The molecule has 1 aliphatic carbocycles. The first-order valence-corrected chi connectivity index (χ1v) is 6.39. The summed E-state index contributed by atoms with van der Waals surface area (Å²) < 4.78 is 5.21. The standard InChI is InChI=1S/C15H19NO2/c1-12-7-5-6-10-14(12)16-15(17)18-11-13-8-3-2-4-9-13/h2-5,7-9,12,14H,6,10-11H2,1H3,(H,16,17)/t12?,14-/m0/s1. The molecule has 1 aromatic carbocycles. The van der Waals surface area contributed by atoms with Gasteiger partial charge in [-0.25, -0.2) is 4.79 Å². The van der Waals surface area contributed by atoms with Gasteiger partial charge in [0.15, 0.2) is 0 Å². The largest absolute Gasteiger partial charge is 0.445 e. The average Bonchev–Trinajstić information content (AvgIpc) is 2.40. The Balaban J connectivity index is 1.77. The Labute approximate surface area is 108 Å². The molecule has 1 N–H and O–H groups in total. The fourth-order valence-corrected chi connectivity index (χ4v) is 2.10. The number of ether oxygens (including phenoxy) is 1. The van der Waals surface area contributed by atoms with Crippen LogP contribution in [0.2, 0.25) is 0 Å². The number of carbonyl (C=O) groups is 1. The lowest BCUT2D eigenvalue weighted by molar-refractivity contribution is 0.132. The normalized spacial score (nSPS) is 22.5. The first kappa shape index (κ1) is 12.7. The van der Waals surface area contributed by atoms with E-state index in [9.17, 15) is 4.79 Å². The van der Waals surface area contributed by atoms with E-state index in [0.717, 1.165) is 18.4 Å². The van der Waals surface area contributed by atoms with Crippen LogP contribution >= 0.6 is 0 Å². The van der Waals surface area contributed by atoms with Crippen molar-refractivity contribution in [2.75, 3.05) is 0 Å². The molecule has 1 aromatic rings. The Kier molecular flexibility index (Phi) is 4.40. The highest BCUT2D eigenvalue weighted by Gasteiger charge is 2.19. The maximum Gasteiger partial charge on any atom is 0.407 e. The summed E-state index contributed by atoms with van der Waals surface area (Å²) in [5, 5.41) is 2.93. The Morgan fingerprint density at radius 3 is 2.89 bits per heavy atom. The first-order valence-electron chi connectivity index (χ1n) is 6.39. The third-order valence-electron chi connectivity index (χ3n) is 3.23. The van der Waals surface area contributed by atoms with Crippen LogP contribution in [0.3, 0.4) is 0 Å². The van der Waals surface area contributed by atoms with Crippen molar-refractivity contribution in [1.29, 1.82) is 0 Å². The van der Waals surface area contributed by atoms with Crippen LogP contribution in [0.4, 0.5) is 4.79 Å². The van der Waals surface area contributed by atoms with Crippen molar-refractivity contribution in [3.63, 3.8) is 0 Å². The number of carbonyl (C=O) groups excluding carboxylic acids is 1. The van der Waals surface area contributed by atoms with Crippen molar-refractivity contribution in [1.82, 2.24) is 5.32 Å². The summed E-state index contributed by atoms with van der Waals surface area (Å²) in [7, 11) is 0. The number of allylic oxidation sites excluding steroid dienone is 1. The Morgan fingerprint density at radius 1 is 1.39 bits per heavy atom. The minimum absolute atomic E-state index is 0.193. The minimum atomic E-state index is -0.328. The van der Waals surface area contributed by atoms with Gasteiger partial charge >= 0.3 is 6.09 Å². The summed E-state index contributed by atoms with van der Waals surface area (Å²) in [6, 6.07) is 9.89. The van der Waals surface area contributed by atoms with Gasteiger partial charge in [-0.15, -0.1) is 0 Å². The minimum Gasteiger partial charge on any atom is -0.445 e. The number of hydrogen-bond acceptors (Lipinski definition) is 2. The summed E-state index contributed by atoms with van der Waals surface area (Å²) >= 11 is 0. The average molecular weight is 245 g/mol. The predicted molar refractivity (Wildman–Crippen MR) is 71.1 cm³/mol. The van der Waals surface area contributed by atoms with E-state index in [1.807, 2.05) is 30.3 Å². The second kappa shape index (κ2) is 6.24. The van der Waals surface area contributed by atoms with E-state index in [1.165, 1.54) is 0 Å². The molecule has 0 saturated heterocycles. The zero-order valence-electron chi connectivity index (χ0n) is 10.6. The van der Waals surface area contributed by atoms with Crippen LogP contribution < -0.4 is 5.32 Å². The van der Waals surface area contributed by atoms with Crippen molar-refractivity contribution in [2.24, 2.45) is 5.92 Å². The SMILES string of the molecule is CC1C=CCC[C@@H]1NC(=O)OCc1ccccc1.